The third-order valence-corrected chi connectivity index (χ3v) is 6.89. The minimum atomic E-state index is -0.178. The van der Waals surface area contributed by atoms with Crippen LogP contribution in [0.2, 0.25) is 0 Å². The molecule has 2 aromatic rings. The Hall–Kier alpha value is -2.55. The molecule has 0 atom stereocenters. The number of thioether (sulfide) groups is 1. The topological polar surface area (TPSA) is 80.6 Å². The van der Waals surface area contributed by atoms with E-state index in [4.69, 9.17) is 4.74 Å². The van der Waals surface area contributed by atoms with E-state index in [1.807, 2.05) is 35.2 Å². The third-order valence-electron chi connectivity index (χ3n) is 5.98. The van der Waals surface area contributed by atoms with Gasteiger partial charge < -0.3 is 14.5 Å². The molecule has 1 aromatic heterocycles. The molecule has 3 heterocycles. The van der Waals surface area contributed by atoms with Crippen LogP contribution < -0.4 is 4.90 Å². The average molecular weight is 444 g/mol. The SMILES string of the molecule is COC(=O)C1CCN(C(=O)CSc2nnc(N3CCCCC3)n2-c2ccccc2)CC1. The van der Waals surface area contributed by atoms with Crippen LogP contribution in [0.4, 0.5) is 5.95 Å². The number of carbonyl (C=O) groups excluding carboxylic acids is 2. The molecule has 0 spiro atoms. The minimum Gasteiger partial charge on any atom is -0.469 e. The largest absolute Gasteiger partial charge is 0.469 e. The summed E-state index contributed by atoms with van der Waals surface area (Å²) >= 11 is 1.42. The summed E-state index contributed by atoms with van der Waals surface area (Å²) in [5.74, 6) is 0.932. The van der Waals surface area contributed by atoms with Crippen LogP contribution in [-0.4, -0.2) is 70.6 Å². The second-order valence-electron chi connectivity index (χ2n) is 7.97. The number of rotatable bonds is 6. The first kappa shape index (κ1) is 21.7. The van der Waals surface area contributed by atoms with Crippen LogP contribution in [0, 0.1) is 5.92 Å². The number of hydrogen-bond donors (Lipinski definition) is 0. The van der Waals surface area contributed by atoms with Crippen molar-refractivity contribution in [1.82, 2.24) is 19.7 Å². The summed E-state index contributed by atoms with van der Waals surface area (Å²) < 4.78 is 6.89. The summed E-state index contributed by atoms with van der Waals surface area (Å²) in [6.45, 7) is 3.13. The number of hydrogen-bond acceptors (Lipinski definition) is 7. The second kappa shape index (κ2) is 10.2. The molecule has 0 aliphatic carbocycles. The van der Waals surface area contributed by atoms with Crippen molar-refractivity contribution in [3.8, 4) is 5.69 Å². The van der Waals surface area contributed by atoms with Crippen molar-refractivity contribution in [3.05, 3.63) is 30.3 Å². The number of para-hydroxylation sites is 1. The first-order valence-electron chi connectivity index (χ1n) is 10.9. The number of methoxy groups -OCH3 is 1. The molecule has 8 nitrogen and oxygen atoms in total. The molecular weight excluding hydrogens is 414 g/mol. The number of likely N-dealkylation sites (tertiary alicyclic amines) is 1. The molecule has 2 aliphatic heterocycles. The maximum atomic E-state index is 12.8. The Balaban J connectivity index is 1.44. The zero-order valence-corrected chi connectivity index (χ0v) is 18.7. The van der Waals surface area contributed by atoms with E-state index in [1.54, 1.807) is 0 Å². The predicted octanol–water partition coefficient (Wildman–Crippen LogP) is 2.76. The van der Waals surface area contributed by atoms with Crippen molar-refractivity contribution in [2.45, 2.75) is 37.3 Å². The molecule has 1 amide bonds. The number of esters is 1. The fourth-order valence-corrected chi connectivity index (χ4v) is 5.06. The van der Waals surface area contributed by atoms with Gasteiger partial charge in [0.05, 0.1) is 24.5 Å². The zero-order chi connectivity index (χ0) is 21.6. The molecule has 31 heavy (non-hydrogen) atoms. The number of benzene rings is 1. The van der Waals surface area contributed by atoms with E-state index in [0.717, 1.165) is 42.7 Å². The number of piperidine rings is 2. The van der Waals surface area contributed by atoms with Crippen LogP contribution >= 0.6 is 11.8 Å². The summed E-state index contributed by atoms with van der Waals surface area (Å²) in [4.78, 5) is 28.6. The van der Waals surface area contributed by atoms with Crippen molar-refractivity contribution in [1.29, 1.82) is 0 Å². The van der Waals surface area contributed by atoms with Gasteiger partial charge >= 0.3 is 5.97 Å². The fourth-order valence-electron chi connectivity index (χ4n) is 4.21. The summed E-state index contributed by atoms with van der Waals surface area (Å²) in [6.07, 6.45) is 4.87. The Morgan fingerprint density at radius 1 is 1.03 bits per heavy atom. The summed E-state index contributed by atoms with van der Waals surface area (Å²) in [5, 5.41) is 9.65. The van der Waals surface area contributed by atoms with Gasteiger partial charge in [-0.05, 0) is 44.2 Å². The number of ether oxygens (including phenoxy) is 1. The third kappa shape index (κ3) is 5.03. The number of amides is 1. The normalized spacial score (nSPS) is 17.6. The van der Waals surface area contributed by atoms with Gasteiger partial charge in [0, 0.05) is 26.2 Å². The van der Waals surface area contributed by atoms with Gasteiger partial charge in [0.25, 0.3) is 0 Å². The second-order valence-corrected chi connectivity index (χ2v) is 8.91. The summed E-state index contributed by atoms with van der Waals surface area (Å²) in [7, 11) is 1.41. The number of carbonyl (C=O) groups is 2. The molecule has 1 aromatic carbocycles. The van der Waals surface area contributed by atoms with Gasteiger partial charge in [-0.25, -0.2) is 0 Å². The van der Waals surface area contributed by atoms with Crippen molar-refractivity contribution in [2.24, 2.45) is 5.92 Å². The number of anilines is 1. The van der Waals surface area contributed by atoms with Gasteiger partial charge in [-0.1, -0.05) is 30.0 Å². The molecule has 4 rings (SSSR count). The van der Waals surface area contributed by atoms with E-state index >= 15 is 0 Å². The van der Waals surface area contributed by atoms with Gasteiger partial charge in [-0.3, -0.25) is 14.2 Å². The lowest BCUT2D eigenvalue weighted by Crippen LogP contribution is -2.41. The van der Waals surface area contributed by atoms with Gasteiger partial charge in [0.15, 0.2) is 5.16 Å². The molecule has 166 valence electrons. The quantitative estimate of drug-likeness (QED) is 0.502. The molecule has 2 saturated heterocycles. The fraction of sp³-hybridized carbons (Fsp3) is 0.545. The van der Waals surface area contributed by atoms with E-state index in [-0.39, 0.29) is 17.8 Å². The predicted molar refractivity (Wildman–Crippen MR) is 119 cm³/mol. The van der Waals surface area contributed by atoms with Crippen molar-refractivity contribution >= 4 is 29.6 Å². The van der Waals surface area contributed by atoms with Gasteiger partial charge in [0.1, 0.15) is 0 Å². The molecule has 0 saturated carbocycles. The number of nitrogens with zero attached hydrogens (tertiary/aromatic N) is 5. The van der Waals surface area contributed by atoms with Crippen LogP contribution in [-0.2, 0) is 14.3 Å². The van der Waals surface area contributed by atoms with E-state index in [2.05, 4.69) is 19.7 Å². The molecule has 0 radical (unpaired) electrons. The lowest BCUT2D eigenvalue weighted by Gasteiger charge is -2.30. The molecule has 2 aliphatic rings. The summed E-state index contributed by atoms with van der Waals surface area (Å²) in [6, 6.07) is 10.1. The zero-order valence-electron chi connectivity index (χ0n) is 17.9. The highest BCUT2D eigenvalue weighted by Crippen LogP contribution is 2.29. The van der Waals surface area contributed by atoms with Crippen LogP contribution in [0.1, 0.15) is 32.1 Å². The average Bonchev–Trinajstić information content (AvgIpc) is 3.27. The van der Waals surface area contributed by atoms with Crippen LogP contribution in [0.5, 0.6) is 0 Å². The standard InChI is InChI=1S/C22H29N5O3S/c1-30-20(29)17-10-14-25(15-11-17)19(28)16-31-22-24-23-21(26-12-6-3-7-13-26)27(22)18-8-4-2-5-9-18/h2,4-5,8-9,17H,3,6-7,10-16H2,1H3. The van der Waals surface area contributed by atoms with E-state index < -0.39 is 0 Å². The van der Waals surface area contributed by atoms with Gasteiger partial charge in [-0.15, -0.1) is 10.2 Å². The van der Waals surface area contributed by atoms with E-state index in [0.29, 0.717) is 31.7 Å². The van der Waals surface area contributed by atoms with Crippen molar-refractivity contribution < 1.29 is 14.3 Å². The molecule has 2 fully saturated rings. The highest BCUT2D eigenvalue weighted by atomic mass is 32.2. The highest BCUT2D eigenvalue weighted by molar-refractivity contribution is 7.99. The highest BCUT2D eigenvalue weighted by Gasteiger charge is 2.28. The number of aromatic nitrogens is 3. The van der Waals surface area contributed by atoms with Crippen LogP contribution in [0.25, 0.3) is 5.69 Å². The Morgan fingerprint density at radius 3 is 2.42 bits per heavy atom. The lowest BCUT2D eigenvalue weighted by atomic mass is 9.97. The Labute approximate surface area is 186 Å². The molecular formula is C22H29N5O3S. The molecule has 0 bridgehead atoms. The molecule has 0 unspecified atom stereocenters. The molecule has 9 heteroatoms. The van der Waals surface area contributed by atoms with Crippen molar-refractivity contribution in [3.63, 3.8) is 0 Å². The van der Waals surface area contributed by atoms with Crippen molar-refractivity contribution in [2.75, 3.05) is 43.9 Å². The smallest absolute Gasteiger partial charge is 0.308 e. The van der Waals surface area contributed by atoms with Gasteiger partial charge in [0.2, 0.25) is 11.9 Å². The first-order chi connectivity index (χ1) is 15.2. The van der Waals surface area contributed by atoms with E-state index in [9.17, 15) is 9.59 Å². The maximum absolute atomic E-state index is 12.8. The first-order valence-corrected chi connectivity index (χ1v) is 11.9. The van der Waals surface area contributed by atoms with E-state index in [1.165, 1.54) is 25.3 Å². The Kier molecular flexibility index (Phi) is 7.11. The monoisotopic (exact) mass is 443 g/mol. The minimum absolute atomic E-state index is 0.0652. The van der Waals surface area contributed by atoms with Crippen LogP contribution in [0.3, 0.4) is 0 Å². The van der Waals surface area contributed by atoms with Crippen LogP contribution in [0.15, 0.2) is 35.5 Å². The Bertz CT molecular complexity index is 890. The van der Waals surface area contributed by atoms with Gasteiger partial charge in [-0.2, -0.15) is 0 Å². The lowest BCUT2D eigenvalue weighted by molar-refractivity contribution is -0.148. The molecule has 0 N–H and O–H groups in total. The Morgan fingerprint density at radius 2 is 1.74 bits per heavy atom. The summed E-state index contributed by atoms with van der Waals surface area (Å²) in [5.41, 5.74) is 1.00. The maximum Gasteiger partial charge on any atom is 0.308 e.